The van der Waals surface area contributed by atoms with Crippen molar-refractivity contribution in [1.82, 2.24) is 10.3 Å². The third-order valence-corrected chi connectivity index (χ3v) is 14.0. The number of rotatable bonds is 4. The molecule has 5 heteroatoms. The molecule has 2 N–H and O–H groups in total. The van der Waals surface area contributed by atoms with Gasteiger partial charge >= 0.3 is 0 Å². The second-order valence-electron chi connectivity index (χ2n) is 16.2. The first-order valence-corrected chi connectivity index (χ1v) is 16.4. The predicted octanol–water partition coefficient (Wildman–Crippen LogP) is 7.04. The van der Waals surface area contributed by atoms with Crippen molar-refractivity contribution in [2.24, 2.45) is 50.7 Å². The molecule has 41 heavy (non-hydrogen) atoms. The van der Waals surface area contributed by atoms with Crippen LogP contribution >= 0.6 is 0 Å². The fraction of sp³-hybridized carbons (Fsp3) is 0.750. The van der Waals surface area contributed by atoms with Crippen LogP contribution < -0.4 is 5.32 Å². The van der Waals surface area contributed by atoms with Crippen molar-refractivity contribution in [3.63, 3.8) is 0 Å². The highest BCUT2D eigenvalue weighted by atomic mass is 16.3. The largest absolute Gasteiger partial charge is 0.393 e. The molecule has 0 aliphatic heterocycles. The van der Waals surface area contributed by atoms with E-state index in [1.54, 1.807) is 6.20 Å². The molecule has 0 bridgehead atoms. The van der Waals surface area contributed by atoms with E-state index in [1.165, 1.54) is 5.57 Å². The minimum absolute atomic E-state index is 0.0233. The molecule has 2 unspecified atom stereocenters. The normalized spacial score (nSPS) is 43.2. The van der Waals surface area contributed by atoms with Crippen LogP contribution in [0.5, 0.6) is 0 Å². The van der Waals surface area contributed by atoms with Gasteiger partial charge in [0.25, 0.3) is 0 Å². The van der Waals surface area contributed by atoms with E-state index in [1.807, 2.05) is 18.2 Å². The summed E-state index contributed by atoms with van der Waals surface area (Å²) in [5, 5.41) is 14.2. The van der Waals surface area contributed by atoms with Gasteiger partial charge in [0.2, 0.25) is 5.91 Å². The maximum atomic E-state index is 14.2. The first kappa shape index (κ1) is 29.1. The van der Waals surface area contributed by atoms with E-state index in [0.29, 0.717) is 24.8 Å². The highest BCUT2D eigenvalue weighted by Gasteiger charge is 2.70. The van der Waals surface area contributed by atoms with Crippen LogP contribution in [0.4, 0.5) is 0 Å². The molecule has 1 aromatic heterocycles. The minimum Gasteiger partial charge on any atom is -0.393 e. The second-order valence-corrected chi connectivity index (χ2v) is 16.2. The number of aliphatic hydroxyl groups excluding tert-OH is 1. The Labute approximate surface area is 247 Å². The van der Waals surface area contributed by atoms with Crippen LogP contribution in [0.25, 0.3) is 0 Å². The van der Waals surface area contributed by atoms with Gasteiger partial charge in [-0.1, -0.05) is 54.5 Å². The molecule has 5 nitrogen and oxygen atoms in total. The van der Waals surface area contributed by atoms with E-state index in [4.69, 9.17) is 0 Å². The van der Waals surface area contributed by atoms with E-state index < -0.39 is 5.41 Å². The van der Waals surface area contributed by atoms with E-state index in [9.17, 15) is 14.7 Å². The van der Waals surface area contributed by atoms with Gasteiger partial charge in [0, 0.05) is 12.6 Å². The van der Waals surface area contributed by atoms with Gasteiger partial charge in [-0.2, -0.15) is 0 Å². The van der Waals surface area contributed by atoms with E-state index >= 15 is 0 Å². The van der Waals surface area contributed by atoms with Crippen LogP contribution in [0.3, 0.4) is 0 Å². The van der Waals surface area contributed by atoms with Gasteiger partial charge in [0.15, 0.2) is 5.78 Å². The number of nitrogens with zero attached hydrogens (tertiary/aromatic N) is 1. The Morgan fingerprint density at radius 2 is 1.73 bits per heavy atom. The Bertz CT molecular complexity index is 1270. The number of carbonyl (C=O) groups excluding carboxylic acids is 2. The van der Waals surface area contributed by atoms with Gasteiger partial charge < -0.3 is 10.4 Å². The third kappa shape index (κ3) is 3.85. The molecule has 4 saturated carbocycles. The molecule has 1 amide bonds. The fourth-order valence-corrected chi connectivity index (χ4v) is 11.7. The Hall–Kier alpha value is -2.01. The first-order chi connectivity index (χ1) is 19.2. The number of carbonyl (C=O) groups is 2. The van der Waals surface area contributed by atoms with Gasteiger partial charge in [-0.25, -0.2) is 0 Å². The summed E-state index contributed by atoms with van der Waals surface area (Å²) in [5.74, 6) is 1.70. The molecule has 4 fully saturated rings. The number of aliphatic hydroxyl groups is 1. The highest BCUT2D eigenvalue weighted by Crippen LogP contribution is 2.76. The molecule has 0 aromatic carbocycles. The Balaban J connectivity index is 1.38. The van der Waals surface area contributed by atoms with E-state index in [2.05, 4.69) is 58.8 Å². The average Bonchev–Trinajstić information content (AvgIpc) is 3.24. The van der Waals surface area contributed by atoms with Gasteiger partial charge in [0.05, 0.1) is 23.8 Å². The van der Waals surface area contributed by atoms with Crippen LogP contribution in [-0.2, 0) is 16.1 Å². The maximum Gasteiger partial charge on any atom is 0.231 e. The van der Waals surface area contributed by atoms with Gasteiger partial charge in [-0.3, -0.25) is 14.6 Å². The quantitative estimate of drug-likeness (QED) is 0.414. The van der Waals surface area contributed by atoms with E-state index in [-0.39, 0.29) is 51.3 Å². The number of fused-ring (bicyclic) bond motifs is 7. The van der Waals surface area contributed by atoms with Crippen molar-refractivity contribution in [1.29, 1.82) is 0 Å². The summed E-state index contributed by atoms with van der Waals surface area (Å²) in [5.41, 5.74) is 2.59. The molecular weight excluding hydrogens is 508 g/mol. The zero-order valence-electron chi connectivity index (χ0n) is 26.5. The number of pyridine rings is 1. The molecule has 1 aromatic rings. The summed E-state index contributed by atoms with van der Waals surface area (Å²) >= 11 is 0. The van der Waals surface area contributed by atoms with Crippen LogP contribution in [-0.4, -0.2) is 27.9 Å². The lowest BCUT2D eigenvalue weighted by Gasteiger charge is -2.72. The van der Waals surface area contributed by atoms with Crippen LogP contribution in [0.15, 0.2) is 35.5 Å². The number of hydrogen-bond donors (Lipinski definition) is 2. The average molecular weight is 561 g/mol. The number of allylic oxidation sites excluding steroid dienone is 1. The zero-order valence-corrected chi connectivity index (χ0v) is 26.5. The summed E-state index contributed by atoms with van der Waals surface area (Å²) in [6.45, 7) is 16.9. The van der Waals surface area contributed by atoms with Crippen LogP contribution in [0, 0.1) is 50.7 Å². The molecule has 0 spiro atoms. The summed E-state index contributed by atoms with van der Waals surface area (Å²) in [6, 6.07) is 5.78. The number of amides is 1. The SMILES string of the molecule is CC(C)C1=C2[C@H]3CCC4[C@@]5(C)CC[C@H](O)C(C)(C)C5CC[C@@]4(C)[C@]3(C)CC[C@@]2(C(=O)NCc2ccccn2)CC1=O. The molecule has 224 valence electrons. The number of aromatic nitrogens is 1. The maximum absolute atomic E-state index is 14.2. The van der Waals surface area contributed by atoms with Crippen molar-refractivity contribution >= 4 is 11.7 Å². The smallest absolute Gasteiger partial charge is 0.231 e. The predicted molar refractivity (Wildman–Crippen MR) is 162 cm³/mol. The van der Waals surface area contributed by atoms with Gasteiger partial charge in [-0.05, 0) is 120 Å². The topological polar surface area (TPSA) is 79.3 Å². The van der Waals surface area contributed by atoms with E-state index in [0.717, 1.165) is 62.6 Å². The van der Waals surface area contributed by atoms with Crippen molar-refractivity contribution in [3.05, 3.63) is 41.2 Å². The molecule has 0 saturated heterocycles. The summed E-state index contributed by atoms with van der Waals surface area (Å²) in [6.07, 6.45) is 10.1. The number of nitrogens with one attached hydrogen (secondary N) is 1. The molecule has 5 aliphatic carbocycles. The lowest BCUT2D eigenvalue weighted by molar-refractivity contribution is -0.228. The van der Waals surface area contributed by atoms with Gasteiger partial charge in [0.1, 0.15) is 0 Å². The summed E-state index contributed by atoms with van der Waals surface area (Å²) in [4.78, 5) is 32.4. The van der Waals surface area contributed by atoms with Crippen molar-refractivity contribution in [2.45, 2.75) is 119 Å². The number of ketones is 1. The fourth-order valence-electron chi connectivity index (χ4n) is 11.7. The summed E-state index contributed by atoms with van der Waals surface area (Å²) < 4.78 is 0. The number of Topliss-reactive ketones (excluding diaryl/α,β-unsaturated/α-hetero) is 1. The van der Waals surface area contributed by atoms with Crippen LogP contribution in [0.2, 0.25) is 0 Å². The van der Waals surface area contributed by atoms with Crippen LogP contribution in [0.1, 0.15) is 112 Å². The van der Waals surface area contributed by atoms with Crippen molar-refractivity contribution in [3.8, 4) is 0 Å². The van der Waals surface area contributed by atoms with Crippen molar-refractivity contribution < 1.29 is 14.7 Å². The van der Waals surface area contributed by atoms with Crippen molar-refractivity contribution in [2.75, 3.05) is 0 Å². The molecule has 6 rings (SSSR count). The zero-order chi connectivity index (χ0) is 29.6. The molecule has 8 atom stereocenters. The minimum atomic E-state index is -0.725. The molecule has 5 aliphatic rings. The first-order valence-electron chi connectivity index (χ1n) is 16.4. The molecular formula is C36H52N2O3. The highest BCUT2D eigenvalue weighted by molar-refractivity contribution is 6.06. The second kappa shape index (κ2) is 9.49. The summed E-state index contributed by atoms with van der Waals surface area (Å²) in [7, 11) is 0. The van der Waals surface area contributed by atoms with Gasteiger partial charge in [-0.15, -0.1) is 0 Å². The molecule has 1 heterocycles. The Kier molecular flexibility index (Phi) is 6.73. The molecule has 0 radical (unpaired) electrons. The lowest BCUT2D eigenvalue weighted by Crippen LogP contribution is -2.66. The lowest BCUT2D eigenvalue weighted by atomic mass is 9.33. The Morgan fingerprint density at radius 3 is 2.41 bits per heavy atom. The number of hydrogen-bond acceptors (Lipinski definition) is 4. The standard InChI is InChI=1S/C36H52N2O3/c1-22(2)29-25(39)20-36(31(41)38-21-23-10-8-9-19-37-23)18-17-34(6)24(30(29)36)11-12-27-33(5)15-14-28(40)32(3,4)26(33)13-16-35(27,34)7/h8-10,19,22,24,26-28,40H,11-18,20-21H2,1-7H3,(H,38,41)/t24-,26?,27?,28+,33+,34-,35-,36-/m1/s1. The Morgan fingerprint density at radius 1 is 0.976 bits per heavy atom. The third-order valence-electron chi connectivity index (χ3n) is 14.0. The monoisotopic (exact) mass is 560 g/mol.